The van der Waals surface area contributed by atoms with Crippen LogP contribution in [0, 0.1) is 6.92 Å². The quantitative estimate of drug-likeness (QED) is 0.308. The molecule has 1 heterocycles. The summed E-state index contributed by atoms with van der Waals surface area (Å²) in [4.78, 5) is 12.8. The molecule has 0 atom stereocenters. The van der Waals surface area contributed by atoms with Crippen molar-refractivity contribution in [2.45, 2.75) is 25.0 Å². The minimum atomic E-state index is -0.143. The number of nitrogens with zero attached hydrogens (tertiary/aromatic N) is 3. The largest absolute Gasteiger partial charge is 0.496 e. The first kappa shape index (κ1) is 24.3. The lowest BCUT2D eigenvalue weighted by atomic mass is 10.1. The molecule has 1 aromatic heterocycles. The molecule has 0 aliphatic carbocycles. The Labute approximate surface area is 209 Å². The van der Waals surface area contributed by atoms with Gasteiger partial charge in [0.25, 0.3) is 0 Å². The molecule has 0 saturated carbocycles. The Morgan fingerprint density at radius 3 is 2.46 bits per heavy atom. The van der Waals surface area contributed by atoms with E-state index < -0.39 is 0 Å². The number of nitrogens with one attached hydrogen (secondary N) is 1. The van der Waals surface area contributed by atoms with Crippen molar-refractivity contribution in [1.29, 1.82) is 0 Å². The molecule has 1 amide bonds. The van der Waals surface area contributed by atoms with Crippen LogP contribution in [0.5, 0.6) is 11.5 Å². The number of carbonyl (C=O) groups excluding carboxylic acids is 1. The summed E-state index contributed by atoms with van der Waals surface area (Å²) in [6, 6.07) is 23.7. The lowest BCUT2D eigenvalue weighted by Crippen LogP contribution is -2.15. The maximum absolute atomic E-state index is 12.8. The van der Waals surface area contributed by atoms with E-state index in [1.807, 2.05) is 67.6 Å². The predicted octanol–water partition coefficient (Wildman–Crippen LogP) is 5.24. The highest BCUT2D eigenvalue weighted by Gasteiger charge is 2.19. The lowest BCUT2D eigenvalue weighted by Gasteiger charge is -2.13. The lowest BCUT2D eigenvalue weighted by molar-refractivity contribution is -0.113. The molecule has 3 aromatic carbocycles. The zero-order chi connectivity index (χ0) is 24.6. The van der Waals surface area contributed by atoms with E-state index in [-0.39, 0.29) is 11.7 Å². The number of methoxy groups -OCH3 is 2. The second-order valence-corrected chi connectivity index (χ2v) is 8.88. The van der Waals surface area contributed by atoms with Crippen LogP contribution in [0.25, 0.3) is 11.4 Å². The molecular formula is C27H28N4O3S. The molecule has 4 aromatic rings. The van der Waals surface area contributed by atoms with Crippen molar-refractivity contribution < 1.29 is 14.3 Å². The third kappa shape index (κ3) is 6.02. The number of aromatic nitrogens is 3. The van der Waals surface area contributed by atoms with Gasteiger partial charge in [0.1, 0.15) is 11.5 Å². The Kier molecular flexibility index (Phi) is 8.05. The van der Waals surface area contributed by atoms with Crippen molar-refractivity contribution in [3.63, 3.8) is 0 Å². The van der Waals surface area contributed by atoms with Crippen LogP contribution in [0.1, 0.15) is 11.1 Å². The Morgan fingerprint density at radius 2 is 1.69 bits per heavy atom. The minimum Gasteiger partial charge on any atom is -0.496 e. The van der Waals surface area contributed by atoms with Gasteiger partial charge in [-0.2, -0.15) is 0 Å². The smallest absolute Gasteiger partial charge is 0.234 e. The topological polar surface area (TPSA) is 78.3 Å². The highest BCUT2D eigenvalue weighted by atomic mass is 32.2. The fraction of sp³-hybridized carbons (Fsp3) is 0.222. The number of para-hydroxylation sites is 1. The number of carbonyl (C=O) groups is 1. The van der Waals surface area contributed by atoms with Gasteiger partial charge in [-0.1, -0.05) is 60.3 Å². The molecule has 0 fully saturated rings. The molecule has 1 N–H and O–H groups in total. The van der Waals surface area contributed by atoms with Crippen LogP contribution < -0.4 is 14.8 Å². The Bertz CT molecular complexity index is 1290. The van der Waals surface area contributed by atoms with Crippen LogP contribution in [0.3, 0.4) is 0 Å². The van der Waals surface area contributed by atoms with Crippen LogP contribution in [-0.4, -0.2) is 40.6 Å². The summed E-state index contributed by atoms with van der Waals surface area (Å²) in [5.74, 6) is 2.10. The molecular weight excluding hydrogens is 460 g/mol. The van der Waals surface area contributed by atoms with Gasteiger partial charge in [0.15, 0.2) is 11.0 Å². The molecule has 0 unspecified atom stereocenters. The van der Waals surface area contributed by atoms with Gasteiger partial charge in [-0.05, 0) is 48.7 Å². The molecule has 0 aliphatic rings. The van der Waals surface area contributed by atoms with E-state index >= 15 is 0 Å². The van der Waals surface area contributed by atoms with Crippen LogP contribution >= 0.6 is 11.8 Å². The molecule has 0 bridgehead atoms. The summed E-state index contributed by atoms with van der Waals surface area (Å²) in [6.07, 6.45) is 0.807. The molecule has 7 nitrogen and oxygen atoms in total. The summed E-state index contributed by atoms with van der Waals surface area (Å²) in [5, 5.41) is 12.5. The minimum absolute atomic E-state index is 0.143. The Balaban J connectivity index is 1.55. The van der Waals surface area contributed by atoms with Gasteiger partial charge in [0, 0.05) is 6.54 Å². The number of benzene rings is 3. The average Bonchev–Trinajstić information content (AvgIpc) is 3.29. The third-order valence-corrected chi connectivity index (χ3v) is 6.46. The number of aryl methyl sites for hydroxylation is 2. The van der Waals surface area contributed by atoms with Gasteiger partial charge in [0.05, 0.1) is 31.2 Å². The number of thioether (sulfide) groups is 1. The number of hydrogen-bond donors (Lipinski definition) is 1. The Hall–Kier alpha value is -3.78. The summed E-state index contributed by atoms with van der Waals surface area (Å²) < 4.78 is 13.0. The Morgan fingerprint density at radius 1 is 0.943 bits per heavy atom. The fourth-order valence-electron chi connectivity index (χ4n) is 3.75. The molecule has 0 aliphatic heterocycles. The molecule has 0 spiro atoms. The van der Waals surface area contributed by atoms with E-state index in [2.05, 4.69) is 32.2 Å². The number of ether oxygens (including phenoxy) is 2. The number of amides is 1. The van der Waals surface area contributed by atoms with E-state index in [9.17, 15) is 4.79 Å². The highest BCUT2D eigenvalue weighted by molar-refractivity contribution is 7.99. The maximum atomic E-state index is 12.8. The maximum Gasteiger partial charge on any atom is 0.234 e. The van der Waals surface area contributed by atoms with Crippen molar-refractivity contribution in [2.24, 2.45) is 0 Å². The monoisotopic (exact) mass is 488 g/mol. The first-order valence-corrected chi connectivity index (χ1v) is 12.3. The predicted molar refractivity (Wildman–Crippen MR) is 139 cm³/mol. The van der Waals surface area contributed by atoms with Gasteiger partial charge in [-0.25, -0.2) is 0 Å². The van der Waals surface area contributed by atoms with E-state index in [4.69, 9.17) is 9.47 Å². The molecule has 8 heteroatoms. The van der Waals surface area contributed by atoms with Crippen LogP contribution in [-0.2, 0) is 17.8 Å². The normalized spacial score (nSPS) is 10.7. The standard InChI is InChI=1S/C27H28N4O3S/c1-19-13-14-24(34-3)22(17-19)28-25(32)18-35-27-30-29-26(21-11-7-8-12-23(21)33-2)31(27)16-15-20-9-5-4-6-10-20/h4-14,17H,15-16,18H2,1-3H3,(H,28,32). The van der Waals surface area contributed by atoms with Crippen LogP contribution in [0.4, 0.5) is 5.69 Å². The van der Waals surface area contributed by atoms with Gasteiger partial charge >= 0.3 is 0 Å². The van der Waals surface area contributed by atoms with Crippen LogP contribution in [0.2, 0.25) is 0 Å². The average molecular weight is 489 g/mol. The first-order valence-electron chi connectivity index (χ1n) is 11.3. The van der Waals surface area contributed by atoms with Crippen molar-refractivity contribution >= 4 is 23.4 Å². The SMILES string of the molecule is COc1ccc(C)cc1NC(=O)CSc1nnc(-c2ccccc2OC)n1CCc1ccccc1. The summed E-state index contributed by atoms with van der Waals surface area (Å²) >= 11 is 1.35. The second kappa shape index (κ2) is 11.6. The van der Waals surface area contributed by atoms with E-state index in [1.165, 1.54) is 17.3 Å². The van der Waals surface area contributed by atoms with Gasteiger partial charge in [-0.15, -0.1) is 10.2 Å². The van der Waals surface area contributed by atoms with E-state index in [0.29, 0.717) is 29.0 Å². The summed E-state index contributed by atoms with van der Waals surface area (Å²) in [6.45, 7) is 2.64. The molecule has 180 valence electrons. The number of hydrogen-bond acceptors (Lipinski definition) is 6. The molecule has 4 rings (SSSR count). The van der Waals surface area contributed by atoms with Crippen molar-refractivity contribution in [3.8, 4) is 22.9 Å². The zero-order valence-corrected chi connectivity index (χ0v) is 20.8. The van der Waals surface area contributed by atoms with E-state index in [0.717, 1.165) is 23.3 Å². The van der Waals surface area contributed by atoms with Crippen LogP contribution in [0.15, 0.2) is 78.0 Å². The molecule has 0 saturated heterocycles. The first-order chi connectivity index (χ1) is 17.1. The third-order valence-electron chi connectivity index (χ3n) is 5.49. The summed E-state index contributed by atoms with van der Waals surface area (Å²) in [5.41, 5.74) is 3.76. The van der Waals surface area contributed by atoms with Crippen molar-refractivity contribution in [3.05, 3.63) is 83.9 Å². The van der Waals surface area contributed by atoms with Crippen molar-refractivity contribution in [2.75, 3.05) is 25.3 Å². The molecule has 35 heavy (non-hydrogen) atoms. The van der Waals surface area contributed by atoms with Gasteiger partial charge < -0.3 is 19.4 Å². The number of rotatable bonds is 10. The van der Waals surface area contributed by atoms with Gasteiger partial charge in [0.2, 0.25) is 5.91 Å². The molecule has 0 radical (unpaired) electrons. The summed E-state index contributed by atoms with van der Waals surface area (Å²) in [7, 11) is 3.23. The number of anilines is 1. The van der Waals surface area contributed by atoms with Gasteiger partial charge in [-0.3, -0.25) is 4.79 Å². The fourth-order valence-corrected chi connectivity index (χ4v) is 4.51. The van der Waals surface area contributed by atoms with Crippen molar-refractivity contribution in [1.82, 2.24) is 14.8 Å². The zero-order valence-electron chi connectivity index (χ0n) is 20.0. The van der Waals surface area contributed by atoms with E-state index in [1.54, 1.807) is 14.2 Å². The second-order valence-electron chi connectivity index (χ2n) is 7.93. The highest BCUT2D eigenvalue weighted by Crippen LogP contribution is 2.31.